The van der Waals surface area contributed by atoms with E-state index < -0.39 is 0 Å². The number of nitrogens with zero attached hydrogens (tertiary/aromatic N) is 3. The molecule has 0 spiro atoms. The summed E-state index contributed by atoms with van der Waals surface area (Å²) in [5.74, 6) is 0.792. The van der Waals surface area contributed by atoms with Crippen LogP contribution < -0.4 is 5.32 Å². The van der Waals surface area contributed by atoms with Gasteiger partial charge in [0.25, 0.3) is 5.91 Å². The van der Waals surface area contributed by atoms with Gasteiger partial charge in [0.2, 0.25) is 11.8 Å². The zero-order chi connectivity index (χ0) is 24.9. The van der Waals surface area contributed by atoms with E-state index in [1.54, 1.807) is 12.1 Å². The number of hydrogen-bond donors (Lipinski definition) is 1. The van der Waals surface area contributed by atoms with Crippen LogP contribution in [0.3, 0.4) is 0 Å². The van der Waals surface area contributed by atoms with E-state index in [-0.39, 0.29) is 11.9 Å². The van der Waals surface area contributed by atoms with E-state index in [4.69, 9.17) is 9.15 Å². The molecule has 1 aliphatic rings. The Morgan fingerprint density at radius 1 is 0.944 bits per heavy atom. The largest absolute Gasteiger partial charge is 0.416 e. The summed E-state index contributed by atoms with van der Waals surface area (Å²) in [6.07, 6.45) is 0. The highest BCUT2D eigenvalue weighted by atomic mass is 16.5. The van der Waals surface area contributed by atoms with Crippen molar-refractivity contribution in [1.82, 2.24) is 20.4 Å². The Labute approximate surface area is 211 Å². The van der Waals surface area contributed by atoms with E-state index in [0.717, 1.165) is 29.8 Å². The molecule has 1 atom stereocenters. The molecule has 0 bridgehead atoms. The molecule has 1 N–H and O–H groups in total. The number of hydrogen-bond acceptors (Lipinski definition) is 6. The van der Waals surface area contributed by atoms with E-state index in [0.29, 0.717) is 37.1 Å². The molecule has 0 saturated carbocycles. The van der Waals surface area contributed by atoms with Gasteiger partial charge in [0.15, 0.2) is 0 Å². The quantitative estimate of drug-likeness (QED) is 0.407. The molecule has 1 saturated heterocycles. The van der Waals surface area contributed by atoms with Gasteiger partial charge >= 0.3 is 0 Å². The van der Waals surface area contributed by atoms with Crippen LogP contribution in [0.2, 0.25) is 0 Å². The van der Waals surface area contributed by atoms with Crippen molar-refractivity contribution in [2.24, 2.45) is 0 Å². The summed E-state index contributed by atoms with van der Waals surface area (Å²) in [7, 11) is 0. The van der Waals surface area contributed by atoms with Crippen LogP contribution in [0.4, 0.5) is 0 Å². The molecule has 0 radical (unpaired) electrons. The minimum Gasteiger partial charge on any atom is -0.416 e. The predicted octanol–water partition coefficient (Wildman–Crippen LogP) is 4.82. The SMILES string of the molecule is Cc1cccc(C(CNC(=O)c2ccc(-c3nnc(-c4ccccc4C)o3)cc2)N2CCOCC2)c1. The van der Waals surface area contributed by atoms with Crippen molar-refractivity contribution in [1.29, 1.82) is 0 Å². The fourth-order valence-corrected chi connectivity index (χ4v) is 4.54. The Hall–Kier alpha value is -3.81. The van der Waals surface area contributed by atoms with E-state index >= 15 is 0 Å². The summed E-state index contributed by atoms with van der Waals surface area (Å²) >= 11 is 0. The molecule has 7 nitrogen and oxygen atoms in total. The monoisotopic (exact) mass is 482 g/mol. The number of carbonyl (C=O) groups excluding carboxylic acids is 1. The lowest BCUT2D eigenvalue weighted by Crippen LogP contribution is -2.43. The minimum absolute atomic E-state index is 0.0929. The lowest BCUT2D eigenvalue weighted by Gasteiger charge is -2.35. The predicted molar refractivity (Wildman–Crippen MR) is 139 cm³/mol. The third kappa shape index (κ3) is 5.37. The van der Waals surface area contributed by atoms with Gasteiger partial charge < -0.3 is 14.5 Å². The fraction of sp³-hybridized carbons (Fsp3) is 0.276. The third-order valence-corrected chi connectivity index (χ3v) is 6.56. The number of aromatic nitrogens is 2. The number of rotatable bonds is 7. The Bertz CT molecular complexity index is 1330. The molecule has 1 aliphatic heterocycles. The van der Waals surface area contributed by atoms with Crippen molar-refractivity contribution in [3.8, 4) is 22.9 Å². The van der Waals surface area contributed by atoms with Gasteiger partial charge in [0.1, 0.15) is 0 Å². The third-order valence-electron chi connectivity index (χ3n) is 6.56. The summed E-state index contributed by atoms with van der Waals surface area (Å²) in [6.45, 7) is 7.73. The summed E-state index contributed by atoms with van der Waals surface area (Å²) in [5.41, 5.74) is 5.75. The van der Waals surface area contributed by atoms with E-state index in [1.165, 1.54) is 11.1 Å². The number of amides is 1. The van der Waals surface area contributed by atoms with Crippen molar-refractivity contribution < 1.29 is 13.9 Å². The number of morpholine rings is 1. The van der Waals surface area contributed by atoms with Crippen molar-refractivity contribution in [2.75, 3.05) is 32.8 Å². The topological polar surface area (TPSA) is 80.5 Å². The molecule has 7 heteroatoms. The molecule has 1 amide bonds. The van der Waals surface area contributed by atoms with Crippen molar-refractivity contribution >= 4 is 5.91 Å². The Morgan fingerprint density at radius 2 is 1.69 bits per heavy atom. The zero-order valence-corrected chi connectivity index (χ0v) is 20.6. The number of nitrogens with one attached hydrogen (secondary N) is 1. The molecule has 4 aromatic rings. The molecule has 3 aromatic carbocycles. The molecule has 2 heterocycles. The Morgan fingerprint density at radius 3 is 2.44 bits per heavy atom. The molecule has 5 rings (SSSR count). The average Bonchev–Trinajstić information content (AvgIpc) is 3.40. The van der Waals surface area contributed by atoms with Gasteiger partial charge in [-0.05, 0) is 55.3 Å². The second-order valence-electron chi connectivity index (χ2n) is 9.09. The van der Waals surface area contributed by atoms with Gasteiger partial charge in [-0.2, -0.15) is 0 Å². The normalized spacial score (nSPS) is 14.9. The highest BCUT2D eigenvalue weighted by Gasteiger charge is 2.23. The van der Waals surface area contributed by atoms with Crippen molar-refractivity contribution in [3.05, 3.63) is 95.1 Å². The maximum Gasteiger partial charge on any atom is 0.251 e. The van der Waals surface area contributed by atoms with E-state index in [1.807, 2.05) is 43.3 Å². The van der Waals surface area contributed by atoms with Gasteiger partial charge in [-0.1, -0.05) is 48.0 Å². The lowest BCUT2D eigenvalue weighted by molar-refractivity contribution is 0.0162. The summed E-state index contributed by atoms with van der Waals surface area (Å²) in [6, 6.07) is 23.7. The number of ether oxygens (including phenoxy) is 1. The van der Waals surface area contributed by atoms with Crippen molar-refractivity contribution in [3.63, 3.8) is 0 Å². The smallest absolute Gasteiger partial charge is 0.251 e. The molecule has 1 fully saturated rings. The van der Waals surface area contributed by atoms with Gasteiger partial charge in [0.05, 0.1) is 19.3 Å². The van der Waals surface area contributed by atoms with Crippen LogP contribution in [0.5, 0.6) is 0 Å². The van der Waals surface area contributed by atoms with Crippen LogP contribution in [0.1, 0.15) is 33.1 Å². The van der Waals surface area contributed by atoms with Crippen LogP contribution in [0.25, 0.3) is 22.9 Å². The number of benzene rings is 3. The first-order valence-corrected chi connectivity index (χ1v) is 12.2. The second-order valence-corrected chi connectivity index (χ2v) is 9.09. The van der Waals surface area contributed by atoms with Crippen LogP contribution in [-0.4, -0.2) is 53.9 Å². The highest BCUT2D eigenvalue weighted by Crippen LogP contribution is 2.26. The van der Waals surface area contributed by atoms with Gasteiger partial charge in [-0.3, -0.25) is 9.69 Å². The second kappa shape index (κ2) is 10.8. The molecule has 36 heavy (non-hydrogen) atoms. The fourth-order valence-electron chi connectivity index (χ4n) is 4.54. The first-order chi connectivity index (χ1) is 17.6. The lowest BCUT2D eigenvalue weighted by atomic mass is 10.0. The number of carbonyl (C=O) groups is 1. The van der Waals surface area contributed by atoms with E-state index in [9.17, 15) is 4.79 Å². The van der Waals surface area contributed by atoms with Gasteiger partial charge in [-0.15, -0.1) is 10.2 Å². The maximum absolute atomic E-state index is 13.0. The first kappa shape index (κ1) is 23.9. The van der Waals surface area contributed by atoms with E-state index in [2.05, 4.69) is 51.6 Å². The summed E-state index contributed by atoms with van der Waals surface area (Å²) in [5, 5.41) is 11.5. The molecule has 1 unspecified atom stereocenters. The van der Waals surface area contributed by atoms with Crippen LogP contribution in [0.15, 0.2) is 77.2 Å². The molecular weight excluding hydrogens is 452 g/mol. The van der Waals surface area contributed by atoms with Crippen LogP contribution >= 0.6 is 0 Å². The summed E-state index contributed by atoms with van der Waals surface area (Å²) in [4.78, 5) is 15.4. The molecule has 184 valence electrons. The Balaban J connectivity index is 1.27. The van der Waals surface area contributed by atoms with Crippen LogP contribution in [0, 0.1) is 13.8 Å². The zero-order valence-electron chi connectivity index (χ0n) is 20.6. The summed E-state index contributed by atoms with van der Waals surface area (Å²) < 4.78 is 11.4. The standard InChI is InChI=1S/C29H30N4O3/c1-20-6-5-8-24(18-20)26(33-14-16-35-17-15-33)19-30-27(34)22-10-12-23(13-11-22)28-31-32-29(36-28)25-9-4-3-7-21(25)2/h3-13,18,26H,14-17,19H2,1-2H3,(H,30,34). The number of aryl methyl sites for hydroxylation is 2. The Kier molecular flexibility index (Phi) is 7.21. The molecule has 0 aliphatic carbocycles. The van der Waals surface area contributed by atoms with Gasteiger partial charge in [-0.25, -0.2) is 0 Å². The van der Waals surface area contributed by atoms with Crippen molar-refractivity contribution in [2.45, 2.75) is 19.9 Å². The van der Waals surface area contributed by atoms with Crippen LogP contribution in [-0.2, 0) is 4.74 Å². The maximum atomic E-state index is 13.0. The minimum atomic E-state index is -0.112. The molecular formula is C29H30N4O3. The molecule has 1 aromatic heterocycles. The first-order valence-electron chi connectivity index (χ1n) is 12.2. The highest BCUT2D eigenvalue weighted by molar-refractivity contribution is 5.94. The average molecular weight is 483 g/mol. The van der Waals surface area contributed by atoms with Gasteiger partial charge in [0, 0.05) is 36.3 Å².